The lowest BCUT2D eigenvalue weighted by Gasteiger charge is -2.39. The van der Waals surface area contributed by atoms with E-state index < -0.39 is 5.91 Å². The Bertz CT molecular complexity index is 457. The fourth-order valence-electron chi connectivity index (χ4n) is 2.52. The van der Waals surface area contributed by atoms with Gasteiger partial charge in [0.1, 0.15) is 11.5 Å². The highest BCUT2D eigenvalue weighted by molar-refractivity contribution is 5.82. The number of hydrogen-bond donors (Lipinski definition) is 0. The molecular formula is C14H19NO4. The van der Waals surface area contributed by atoms with Crippen molar-refractivity contribution in [3.63, 3.8) is 0 Å². The highest BCUT2D eigenvalue weighted by Crippen LogP contribution is 2.37. The minimum atomic E-state index is -1.08. The lowest BCUT2D eigenvalue weighted by atomic mass is 10.1. The van der Waals surface area contributed by atoms with Crippen LogP contribution in [0.1, 0.15) is 12.0 Å². The summed E-state index contributed by atoms with van der Waals surface area (Å²) in [4.78, 5) is 13.4. The molecule has 0 radical (unpaired) electrons. The van der Waals surface area contributed by atoms with Crippen LogP contribution in [0.2, 0.25) is 0 Å². The Morgan fingerprint density at radius 2 is 1.84 bits per heavy atom. The van der Waals surface area contributed by atoms with E-state index in [4.69, 9.17) is 14.2 Å². The van der Waals surface area contributed by atoms with Crippen LogP contribution in [0.15, 0.2) is 24.3 Å². The van der Waals surface area contributed by atoms with Gasteiger partial charge >= 0.3 is 0 Å². The third-order valence-corrected chi connectivity index (χ3v) is 3.44. The number of carbonyl (C=O) groups is 1. The number of carbonyl (C=O) groups excluding carboxylic acids is 1. The molecule has 1 saturated heterocycles. The molecule has 1 aromatic carbocycles. The van der Waals surface area contributed by atoms with Gasteiger partial charge in [0.2, 0.25) is 0 Å². The second-order valence-electron chi connectivity index (χ2n) is 4.40. The molecule has 1 aromatic rings. The van der Waals surface area contributed by atoms with Gasteiger partial charge < -0.3 is 14.2 Å². The van der Waals surface area contributed by atoms with Crippen molar-refractivity contribution in [1.29, 1.82) is 0 Å². The number of rotatable bonds is 5. The number of ketones is 1. The van der Waals surface area contributed by atoms with Crippen molar-refractivity contribution in [2.45, 2.75) is 12.3 Å². The summed E-state index contributed by atoms with van der Waals surface area (Å²) >= 11 is 0. The number of Topliss-reactive ketones (excluding diaryl/α,β-unsaturated/α-hetero) is 1. The number of methoxy groups -OCH3 is 3. The van der Waals surface area contributed by atoms with E-state index in [9.17, 15) is 4.79 Å². The predicted molar refractivity (Wildman–Crippen MR) is 69.9 cm³/mol. The predicted octanol–water partition coefficient (Wildman–Crippen LogP) is 1.37. The lowest BCUT2D eigenvalue weighted by Crippen LogP contribution is -2.48. The highest BCUT2D eigenvalue weighted by atomic mass is 16.7. The number of ether oxygens (including phenoxy) is 3. The van der Waals surface area contributed by atoms with Crippen molar-refractivity contribution in [2.75, 3.05) is 34.4 Å². The molecule has 104 valence electrons. The van der Waals surface area contributed by atoms with Gasteiger partial charge in [0, 0.05) is 27.2 Å². The standard InChI is InChI=1S/C14H19NO4/c1-17-13-7-5-4-6-12(13)14(18-2,19-3)15-9-8-11(16)10-15/h4-7H,8-10H2,1-3H3. The van der Waals surface area contributed by atoms with Crippen LogP contribution in [0, 0.1) is 0 Å². The molecule has 1 aliphatic heterocycles. The number of benzene rings is 1. The number of hydrogen-bond acceptors (Lipinski definition) is 5. The first-order valence-corrected chi connectivity index (χ1v) is 6.18. The molecule has 5 nitrogen and oxygen atoms in total. The molecule has 0 amide bonds. The Morgan fingerprint density at radius 1 is 1.16 bits per heavy atom. The van der Waals surface area contributed by atoms with Crippen molar-refractivity contribution < 1.29 is 19.0 Å². The molecule has 0 N–H and O–H groups in total. The monoisotopic (exact) mass is 265 g/mol. The number of likely N-dealkylation sites (tertiary alicyclic amines) is 1. The Balaban J connectivity index is 2.46. The van der Waals surface area contributed by atoms with Crippen molar-refractivity contribution in [1.82, 2.24) is 4.90 Å². The van der Waals surface area contributed by atoms with E-state index in [1.165, 1.54) is 0 Å². The summed E-state index contributed by atoms with van der Waals surface area (Å²) in [5.41, 5.74) is 0.761. The zero-order valence-electron chi connectivity index (χ0n) is 11.5. The average Bonchev–Trinajstić information content (AvgIpc) is 2.88. The van der Waals surface area contributed by atoms with Gasteiger partial charge in [0.05, 0.1) is 19.2 Å². The zero-order chi connectivity index (χ0) is 13.9. The maximum atomic E-state index is 11.5. The summed E-state index contributed by atoms with van der Waals surface area (Å²) in [6, 6.07) is 7.50. The minimum Gasteiger partial charge on any atom is -0.496 e. The maximum absolute atomic E-state index is 11.5. The smallest absolute Gasteiger partial charge is 0.261 e. The molecule has 0 bridgehead atoms. The van der Waals surface area contributed by atoms with Crippen LogP contribution in [0.5, 0.6) is 5.75 Å². The van der Waals surface area contributed by atoms with Gasteiger partial charge in [-0.15, -0.1) is 0 Å². The van der Waals surface area contributed by atoms with Crippen LogP contribution in [0.4, 0.5) is 0 Å². The molecule has 0 spiro atoms. The maximum Gasteiger partial charge on any atom is 0.261 e. The molecule has 0 aliphatic carbocycles. The molecule has 5 heteroatoms. The first-order chi connectivity index (χ1) is 9.17. The number of para-hydroxylation sites is 1. The third kappa shape index (κ3) is 2.36. The summed E-state index contributed by atoms with van der Waals surface area (Å²) in [5, 5.41) is 0. The minimum absolute atomic E-state index is 0.188. The molecular weight excluding hydrogens is 246 g/mol. The second-order valence-corrected chi connectivity index (χ2v) is 4.40. The van der Waals surface area contributed by atoms with Crippen molar-refractivity contribution in [3.8, 4) is 5.75 Å². The molecule has 2 rings (SSSR count). The SMILES string of the molecule is COc1ccccc1C(OC)(OC)N1CCC(=O)C1. The molecule has 0 unspecified atom stereocenters. The summed E-state index contributed by atoms with van der Waals surface area (Å²) in [7, 11) is 4.74. The summed E-state index contributed by atoms with van der Waals surface area (Å²) in [5.74, 6) is -0.224. The molecule has 0 atom stereocenters. The van der Waals surface area contributed by atoms with E-state index in [-0.39, 0.29) is 5.78 Å². The zero-order valence-corrected chi connectivity index (χ0v) is 11.5. The third-order valence-electron chi connectivity index (χ3n) is 3.44. The molecule has 1 fully saturated rings. The van der Waals surface area contributed by atoms with Crippen LogP contribution in [0.3, 0.4) is 0 Å². The lowest BCUT2D eigenvalue weighted by molar-refractivity contribution is -0.301. The molecule has 0 saturated carbocycles. The average molecular weight is 265 g/mol. The fourth-order valence-corrected chi connectivity index (χ4v) is 2.52. The van der Waals surface area contributed by atoms with E-state index in [2.05, 4.69) is 0 Å². The van der Waals surface area contributed by atoms with Gasteiger partial charge in [0.25, 0.3) is 5.91 Å². The second kappa shape index (κ2) is 5.69. The van der Waals surface area contributed by atoms with Crippen LogP contribution >= 0.6 is 0 Å². The Kier molecular flexibility index (Phi) is 4.19. The Hall–Kier alpha value is -1.43. The molecule has 1 heterocycles. The molecule has 19 heavy (non-hydrogen) atoms. The summed E-state index contributed by atoms with van der Waals surface area (Å²) in [6.45, 7) is 0.929. The van der Waals surface area contributed by atoms with Crippen LogP contribution in [-0.2, 0) is 20.2 Å². The van der Waals surface area contributed by atoms with E-state index in [0.29, 0.717) is 25.3 Å². The summed E-state index contributed by atoms with van der Waals surface area (Å²) < 4.78 is 16.6. The van der Waals surface area contributed by atoms with Gasteiger partial charge in [-0.05, 0) is 12.1 Å². The van der Waals surface area contributed by atoms with E-state index in [1.807, 2.05) is 29.2 Å². The quantitative estimate of drug-likeness (QED) is 0.753. The van der Waals surface area contributed by atoms with Gasteiger partial charge in [-0.25, -0.2) is 4.90 Å². The first kappa shape index (κ1) is 14.0. The topological polar surface area (TPSA) is 48.0 Å². The first-order valence-electron chi connectivity index (χ1n) is 6.18. The van der Waals surface area contributed by atoms with Gasteiger partial charge in [-0.3, -0.25) is 4.79 Å². The van der Waals surface area contributed by atoms with Gasteiger partial charge in [0.15, 0.2) is 0 Å². The molecule has 1 aliphatic rings. The normalized spacial score (nSPS) is 16.9. The van der Waals surface area contributed by atoms with Crippen molar-refractivity contribution in [3.05, 3.63) is 29.8 Å². The van der Waals surface area contributed by atoms with Crippen molar-refractivity contribution in [2.24, 2.45) is 0 Å². The van der Waals surface area contributed by atoms with Gasteiger partial charge in [-0.1, -0.05) is 12.1 Å². The van der Waals surface area contributed by atoms with E-state index in [1.54, 1.807) is 21.3 Å². The van der Waals surface area contributed by atoms with Crippen LogP contribution in [0.25, 0.3) is 0 Å². The largest absolute Gasteiger partial charge is 0.496 e. The summed E-state index contributed by atoms with van der Waals surface area (Å²) in [6.07, 6.45) is 0.517. The van der Waals surface area contributed by atoms with E-state index >= 15 is 0 Å². The van der Waals surface area contributed by atoms with Crippen LogP contribution in [-0.4, -0.2) is 45.1 Å². The van der Waals surface area contributed by atoms with Crippen LogP contribution < -0.4 is 4.74 Å². The Labute approximate surface area is 113 Å². The van der Waals surface area contributed by atoms with E-state index in [0.717, 1.165) is 5.56 Å². The fraction of sp³-hybridized carbons (Fsp3) is 0.500. The molecule has 0 aromatic heterocycles. The van der Waals surface area contributed by atoms with Gasteiger partial charge in [-0.2, -0.15) is 0 Å². The Morgan fingerprint density at radius 3 is 2.37 bits per heavy atom. The highest BCUT2D eigenvalue weighted by Gasteiger charge is 2.44. The van der Waals surface area contributed by atoms with Crippen molar-refractivity contribution >= 4 is 5.78 Å². The number of nitrogens with zero attached hydrogens (tertiary/aromatic N) is 1.